The number of aryl methyl sites for hydroxylation is 2. The van der Waals surface area contributed by atoms with Gasteiger partial charge in [0.1, 0.15) is 16.7 Å². The number of aliphatic imine (C=N–C) groups is 1. The van der Waals surface area contributed by atoms with Crippen LogP contribution in [-0.2, 0) is 9.59 Å². The van der Waals surface area contributed by atoms with Gasteiger partial charge in [-0.2, -0.15) is 0 Å². The fourth-order valence-electron chi connectivity index (χ4n) is 2.97. The molecule has 1 heterocycles. The molecule has 0 saturated carbocycles. The molecule has 29 heavy (non-hydrogen) atoms. The third kappa shape index (κ3) is 4.92. The van der Waals surface area contributed by atoms with Crippen molar-refractivity contribution in [3.05, 3.63) is 52.5 Å². The lowest BCUT2D eigenvalue weighted by molar-refractivity contribution is -0.127. The number of methoxy groups -OCH3 is 1. The van der Waals surface area contributed by atoms with Crippen molar-refractivity contribution >= 4 is 51.7 Å². The van der Waals surface area contributed by atoms with Gasteiger partial charge in [-0.25, -0.2) is 4.99 Å². The number of amidine groups is 1. The largest absolute Gasteiger partial charge is 0.494 e. The molecular weight excluding hydrogens is 410 g/mol. The minimum atomic E-state index is -0.533. The molecule has 0 spiro atoms. The topological polar surface area (TPSA) is 71.0 Å². The standard InChI is InChI=1S/C21H22ClN3O3S/c1-12-5-7-15(13(2)9-12)23-19(26)11-18-20(27)25(3)21(29-18)24-16-10-14(22)6-8-17(16)28-4/h5-10,18H,11H2,1-4H3,(H,23,26)/t18-/m1/s1. The predicted octanol–water partition coefficient (Wildman–Crippen LogP) is 4.56. The molecule has 2 amide bonds. The number of ether oxygens (including phenoxy) is 1. The SMILES string of the molecule is COc1ccc(Cl)cc1N=C1S[C@H](CC(=O)Nc2ccc(C)cc2C)C(=O)N1C. The normalized spacial score (nSPS) is 17.7. The van der Waals surface area contributed by atoms with Gasteiger partial charge >= 0.3 is 0 Å². The molecule has 6 nitrogen and oxygen atoms in total. The number of amides is 2. The van der Waals surface area contributed by atoms with Crippen molar-refractivity contribution in [2.45, 2.75) is 25.5 Å². The first-order valence-corrected chi connectivity index (χ1v) is 10.3. The van der Waals surface area contributed by atoms with Crippen LogP contribution in [0.25, 0.3) is 0 Å². The third-order valence-corrected chi connectivity index (χ3v) is 5.99. The molecule has 0 bridgehead atoms. The summed E-state index contributed by atoms with van der Waals surface area (Å²) in [7, 11) is 3.19. The monoisotopic (exact) mass is 431 g/mol. The predicted molar refractivity (Wildman–Crippen MR) is 118 cm³/mol. The lowest BCUT2D eigenvalue weighted by Crippen LogP contribution is -2.30. The van der Waals surface area contributed by atoms with Crippen LogP contribution < -0.4 is 10.1 Å². The molecular formula is C21H22ClN3O3S. The van der Waals surface area contributed by atoms with Crippen molar-refractivity contribution in [2.24, 2.45) is 4.99 Å². The Morgan fingerprint density at radius 2 is 2.03 bits per heavy atom. The summed E-state index contributed by atoms with van der Waals surface area (Å²) in [6, 6.07) is 10.9. The summed E-state index contributed by atoms with van der Waals surface area (Å²) in [5.41, 5.74) is 3.39. The van der Waals surface area contributed by atoms with Gasteiger partial charge in [-0.3, -0.25) is 14.5 Å². The molecule has 0 aliphatic carbocycles. The van der Waals surface area contributed by atoms with Crippen LogP contribution >= 0.6 is 23.4 Å². The first kappa shape index (κ1) is 21.2. The number of hydrogen-bond donors (Lipinski definition) is 1. The van der Waals surface area contributed by atoms with Crippen LogP contribution in [0.2, 0.25) is 5.02 Å². The second-order valence-corrected chi connectivity index (χ2v) is 8.39. The fourth-order valence-corrected chi connectivity index (χ4v) is 4.29. The Morgan fingerprint density at radius 3 is 2.72 bits per heavy atom. The summed E-state index contributed by atoms with van der Waals surface area (Å²) >= 11 is 7.32. The highest BCUT2D eigenvalue weighted by Crippen LogP contribution is 2.35. The molecule has 8 heteroatoms. The summed E-state index contributed by atoms with van der Waals surface area (Å²) in [6.45, 7) is 3.94. The number of anilines is 1. The van der Waals surface area contributed by atoms with Crippen molar-refractivity contribution in [3.63, 3.8) is 0 Å². The minimum Gasteiger partial charge on any atom is -0.494 e. The number of hydrogen-bond acceptors (Lipinski definition) is 5. The van der Waals surface area contributed by atoms with Crippen LogP contribution in [0.1, 0.15) is 17.5 Å². The highest BCUT2D eigenvalue weighted by molar-refractivity contribution is 8.15. The van der Waals surface area contributed by atoms with Gasteiger partial charge in [-0.05, 0) is 43.7 Å². The van der Waals surface area contributed by atoms with Gasteiger partial charge < -0.3 is 10.1 Å². The quantitative estimate of drug-likeness (QED) is 0.753. The summed E-state index contributed by atoms with van der Waals surface area (Å²) in [5.74, 6) is 0.183. The zero-order valence-electron chi connectivity index (χ0n) is 16.7. The van der Waals surface area contributed by atoms with E-state index in [0.29, 0.717) is 21.6 Å². The molecule has 152 valence electrons. The average molecular weight is 432 g/mol. The van der Waals surface area contributed by atoms with Crippen LogP contribution in [0.3, 0.4) is 0 Å². The van der Waals surface area contributed by atoms with Crippen LogP contribution in [0, 0.1) is 13.8 Å². The van der Waals surface area contributed by atoms with Gasteiger partial charge in [0.25, 0.3) is 0 Å². The lowest BCUT2D eigenvalue weighted by Gasteiger charge is -2.11. The number of carbonyl (C=O) groups excluding carboxylic acids is 2. The molecule has 1 fully saturated rings. The van der Waals surface area contributed by atoms with E-state index < -0.39 is 5.25 Å². The average Bonchev–Trinajstić information content (AvgIpc) is 2.92. The zero-order valence-corrected chi connectivity index (χ0v) is 18.2. The lowest BCUT2D eigenvalue weighted by atomic mass is 10.1. The van der Waals surface area contributed by atoms with E-state index >= 15 is 0 Å². The van der Waals surface area contributed by atoms with Gasteiger partial charge in [0.05, 0.1) is 7.11 Å². The second kappa shape index (κ2) is 8.88. The first-order chi connectivity index (χ1) is 13.8. The number of carbonyl (C=O) groups is 2. The number of nitrogens with zero attached hydrogens (tertiary/aromatic N) is 2. The molecule has 3 rings (SSSR count). The summed E-state index contributed by atoms with van der Waals surface area (Å²) in [6.07, 6.45) is 0.0624. The van der Waals surface area contributed by atoms with E-state index in [4.69, 9.17) is 16.3 Å². The van der Waals surface area contributed by atoms with E-state index in [0.717, 1.165) is 16.8 Å². The van der Waals surface area contributed by atoms with Gasteiger partial charge in [-0.15, -0.1) is 0 Å². The number of nitrogens with one attached hydrogen (secondary N) is 1. The van der Waals surface area contributed by atoms with Gasteiger partial charge in [-0.1, -0.05) is 41.1 Å². The molecule has 1 saturated heterocycles. The number of thioether (sulfide) groups is 1. The number of halogens is 1. The molecule has 1 N–H and O–H groups in total. The molecule has 1 atom stereocenters. The number of rotatable bonds is 5. The Kier molecular flexibility index (Phi) is 6.49. The van der Waals surface area contributed by atoms with Crippen LogP contribution in [0.15, 0.2) is 41.4 Å². The molecule has 2 aromatic carbocycles. The molecule has 0 unspecified atom stereocenters. The Bertz CT molecular complexity index is 993. The first-order valence-electron chi connectivity index (χ1n) is 9.02. The molecule has 0 radical (unpaired) electrons. The third-order valence-electron chi connectivity index (χ3n) is 4.52. The summed E-state index contributed by atoms with van der Waals surface area (Å²) < 4.78 is 5.31. The smallest absolute Gasteiger partial charge is 0.242 e. The van der Waals surface area contributed by atoms with E-state index in [-0.39, 0.29) is 18.2 Å². The van der Waals surface area contributed by atoms with Crippen LogP contribution in [0.5, 0.6) is 5.75 Å². The van der Waals surface area contributed by atoms with Crippen molar-refractivity contribution in [1.82, 2.24) is 4.90 Å². The highest BCUT2D eigenvalue weighted by atomic mass is 35.5. The maximum atomic E-state index is 12.6. The van der Waals surface area contributed by atoms with Crippen molar-refractivity contribution < 1.29 is 14.3 Å². The van der Waals surface area contributed by atoms with Crippen molar-refractivity contribution in [1.29, 1.82) is 0 Å². The van der Waals surface area contributed by atoms with E-state index in [1.807, 2.05) is 32.0 Å². The van der Waals surface area contributed by atoms with Crippen molar-refractivity contribution in [2.75, 3.05) is 19.5 Å². The molecule has 0 aromatic heterocycles. The Labute approximate surface area is 179 Å². The zero-order chi connectivity index (χ0) is 21.1. The summed E-state index contributed by atoms with van der Waals surface area (Å²) in [5, 5.41) is 3.38. The van der Waals surface area contributed by atoms with E-state index in [1.54, 1.807) is 32.4 Å². The fraction of sp³-hybridized carbons (Fsp3) is 0.286. The van der Waals surface area contributed by atoms with Gasteiger partial charge in [0.2, 0.25) is 11.8 Å². The van der Waals surface area contributed by atoms with E-state index in [2.05, 4.69) is 10.3 Å². The Balaban J connectivity index is 1.73. The van der Waals surface area contributed by atoms with Gasteiger partial charge in [0, 0.05) is 24.2 Å². The van der Waals surface area contributed by atoms with Crippen molar-refractivity contribution in [3.8, 4) is 5.75 Å². The van der Waals surface area contributed by atoms with Crippen LogP contribution in [-0.4, -0.2) is 41.3 Å². The minimum absolute atomic E-state index is 0.0624. The van der Waals surface area contributed by atoms with Crippen LogP contribution in [0.4, 0.5) is 11.4 Å². The van der Waals surface area contributed by atoms with E-state index in [9.17, 15) is 9.59 Å². The van der Waals surface area contributed by atoms with E-state index in [1.165, 1.54) is 16.7 Å². The highest BCUT2D eigenvalue weighted by Gasteiger charge is 2.37. The molecule has 1 aliphatic heterocycles. The Hall–Kier alpha value is -2.51. The maximum Gasteiger partial charge on any atom is 0.242 e. The second-order valence-electron chi connectivity index (χ2n) is 6.78. The molecule has 2 aromatic rings. The number of benzene rings is 2. The Morgan fingerprint density at radius 1 is 1.28 bits per heavy atom. The maximum absolute atomic E-state index is 12.6. The van der Waals surface area contributed by atoms with Gasteiger partial charge in [0.15, 0.2) is 5.17 Å². The molecule has 1 aliphatic rings. The summed E-state index contributed by atoms with van der Waals surface area (Å²) in [4.78, 5) is 31.1.